The predicted octanol–water partition coefficient (Wildman–Crippen LogP) is 2.67. The number of nitrogens with one attached hydrogen (secondary N) is 1. The van der Waals surface area contributed by atoms with E-state index in [0.29, 0.717) is 0 Å². The molecule has 2 rings (SSSR count). The first-order chi connectivity index (χ1) is 4.97. The molecule has 0 atom stereocenters. The van der Waals surface area contributed by atoms with E-state index in [1.807, 2.05) is 6.20 Å². The van der Waals surface area contributed by atoms with E-state index in [-0.39, 0.29) is 0 Å². The summed E-state index contributed by atoms with van der Waals surface area (Å²) >= 11 is 0. The van der Waals surface area contributed by atoms with Crippen LogP contribution in [0.4, 0.5) is 0 Å². The number of hydrogen-bond donors (Lipinski definition) is 1. The van der Waals surface area contributed by atoms with E-state index in [9.17, 15) is 0 Å². The fraction of sp³-hybridized carbons (Fsp3) is 0.556. The highest BCUT2D eigenvalue weighted by molar-refractivity contribution is 5.15. The van der Waals surface area contributed by atoms with E-state index < -0.39 is 0 Å². The van der Waals surface area contributed by atoms with Gasteiger partial charge >= 0.3 is 0 Å². The fourth-order valence-electron chi connectivity index (χ4n) is 1.85. The molecule has 0 saturated heterocycles. The Balaban J connectivity index is 2.12. The van der Waals surface area contributed by atoms with Gasteiger partial charge in [-0.3, -0.25) is 0 Å². The van der Waals surface area contributed by atoms with Crippen LogP contribution in [0, 0.1) is 0 Å². The van der Waals surface area contributed by atoms with Gasteiger partial charge in [0.1, 0.15) is 0 Å². The number of aromatic amines is 1. The summed E-state index contributed by atoms with van der Waals surface area (Å²) in [6.45, 7) is 0. The van der Waals surface area contributed by atoms with Crippen LogP contribution in [0.3, 0.4) is 0 Å². The molecule has 0 radical (unpaired) electrons. The van der Waals surface area contributed by atoms with Crippen molar-refractivity contribution in [1.82, 2.24) is 4.98 Å². The van der Waals surface area contributed by atoms with Gasteiger partial charge in [0.2, 0.25) is 0 Å². The van der Waals surface area contributed by atoms with Crippen LogP contribution in [-0.2, 0) is 0 Å². The van der Waals surface area contributed by atoms with Crippen molar-refractivity contribution in [2.45, 2.75) is 31.6 Å². The molecule has 1 nitrogen and oxygen atoms in total. The summed E-state index contributed by atoms with van der Waals surface area (Å²) in [5.74, 6) is 0.867. The second-order valence-corrected chi connectivity index (χ2v) is 3.13. The Bertz CT molecular complexity index is 183. The molecule has 1 aliphatic carbocycles. The molecule has 1 heteroatoms. The molecule has 0 spiro atoms. The van der Waals surface area contributed by atoms with Gasteiger partial charge in [-0.25, -0.2) is 0 Å². The molecule has 1 saturated carbocycles. The Morgan fingerprint density at radius 3 is 2.70 bits per heavy atom. The summed E-state index contributed by atoms with van der Waals surface area (Å²) < 4.78 is 0. The molecule has 10 heavy (non-hydrogen) atoms. The fourth-order valence-corrected chi connectivity index (χ4v) is 1.85. The zero-order chi connectivity index (χ0) is 6.81. The SMILES string of the molecule is c1cc(C2CCCC2)c[nH]1. The van der Waals surface area contributed by atoms with Crippen LogP contribution in [-0.4, -0.2) is 4.98 Å². The Morgan fingerprint density at radius 2 is 2.10 bits per heavy atom. The highest BCUT2D eigenvalue weighted by Gasteiger charge is 2.16. The number of rotatable bonds is 1. The van der Waals surface area contributed by atoms with Crippen molar-refractivity contribution >= 4 is 0 Å². The first kappa shape index (κ1) is 6.02. The van der Waals surface area contributed by atoms with Crippen LogP contribution in [0.1, 0.15) is 37.2 Å². The maximum Gasteiger partial charge on any atom is 0.00401 e. The molecule has 0 bridgehead atoms. The van der Waals surface area contributed by atoms with Gasteiger partial charge in [0.25, 0.3) is 0 Å². The minimum Gasteiger partial charge on any atom is -0.367 e. The van der Waals surface area contributed by atoms with E-state index in [2.05, 4.69) is 17.2 Å². The predicted molar refractivity (Wildman–Crippen MR) is 42.0 cm³/mol. The Labute approximate surface area is 61.5 Å². The molecule has 0 aliphatic heterocycles. The van der Waals surface area contributed by atoms with Crippen molar-refractivity contribution in [1.29, 1.82) is 0 Å². The molecule has 0 amide bonds. The van der Waals surface area contributed by atoms with E-state index in [1.54, 1.807) is 0 Å². The summed E-state index contributed by atoms with van der Waals surface area (Å²) in [4.78, 5) is 3.11. The minimum absolute atomic E-state index is 0.867. The van der Waals surface area contributed by atoms with Gasteiger partial charge < -0.3 is 4.98 Å². The zero-order valence-corrected chi connectivity index (χ0v) is 6.14. The first-order valence-electron chi connectivity index (χ1n) is 4.09. The number of hydrogen-bond acceptors (Lipinski definition) is 0. The summed E-state index contributed by atoms with van der Waals surface area (Å²) in [6.07, 6.45) is 9.81. The van der Waals surface area contributed by atoms with Crippen molar-refractivity contribution in [3.8, 4) is 0 Å². The maximum absolute atomic E-state index is 3.11. The van der Waals surface area contributed by atoms with Crippen LogP contribution in [0.25, 0.3) is 0 Å². The quantitative estimate of drug-likeness (QED) is 0.609. The average Bonchev–Trinajstić information content (AvgIpc) is 2.59. The molecule has 1 fully saturated rings. The number of aromatic nitrogens is 1. The molecular weight excluding hydrogens is 122 g/mol. The van der Waals surface area contributed by atoms with E-state index in [4.69, 9.17) is 0 Å². The third-order valence-electron chi connectivity index (χ3n) is 2.45. The van der Waals surface area contributed by atoms with E-state index >= 15 is 0 Å². The van der Waals surface area contributed by atoms with Gasteiger partial charge in [0.05, 0.1) is 0 Å². The summed E-state index contributed by atoms with van der Waals surface area (Å²) in [5.41, 5.74) is 1.51. The Kier molecular flexibility index (Phi) is 1.50. The second-order valence-electron chi connectivity index (χ2n) is 3.13. The lowest BCUT2D eigenvalue weighted by atomic mass is 10.0. The second kappa shape index (κ2) is 2.49. The monoisotopic (exact) mass is 135 g/mol. The van der Waals surface area contributed by atoms with Crippen LogP contribution >= 0.6 is 0 Å². The summed E-state index contributed by atoms with van der Waals surface area (Å²) in [6, 6.07) is 2.20. The molecule has 0 unspecified atom stereocenters. The van der Waals surface area contributed by atoms with E-state index in [1.165, 1.54) is 31.2 Å². The molecular formula is C9H13N. The molecule has 1 N–H and O–H groups in total. The van der Waals surface area contributed by atoms with Gasteiger partial charge in [-0.05, 0) is 30.4 Å². The van der Waals surface area contributed by atoms with Gasteiger partial charge in [-0.2, -0.15) is 0 Å². The average molecular weight is 135 g/mol. The summed E-state index contributed by atoms with van der Waals surface area (Å²) in [5, 5.41) is 0. The lowest BCUT2D eigenvalue weighted by Gasteiger charge is -2.03. The van der Waals surface area contributed by atoms with Crippen LogP contribution in [0.5, 0.6) is 0 Å². The molecule has 1 heterocycles. The highest BCUT2D eigenvalue weighted by Crippen LogP contribution is 2.33. The van der Waals surface area contributed by atoms with Crippen molar-refractivity contribution in [2.75, 3.05) is 0 Å². The highest BCUT2D eigenvalue weighted by atomic mass is 14.6. The van der Waals surface area contributed by atoms with Crippen molar-refractivity contribution < 1.29 is 0 Å². The molecule has 1 aromatic heterocycles. The third kappa shape index (κ3) is 0.962. The topological polar surface area (TPSA) is 15.8 Å². The van der Waals surface area contributed by atoms with Crippen LogP contribution in [0.15, 0.2) is 18.5 Å². The zero-order valence-electron chi connectivity index (χ0n) is 6.14. The Hall–Kier alpha value is -0.720. The molecule has 1 aromatic rings. The largest absolute Gasteiger partial charge is 0.367 e. The van der Waals surface area contributed by atoms with Crippen molar-refractivity contribution in [3.63, 3.8) is 0 Å². The van der Waals surface area contributed by atoms with Crippen LogP contribution < -0.4 is 0 Å². The summed E-state index contributed by atoms with van der Waals surface area (Å²) in [7, 11) is 0. The number of H-pyrrole nitrogens is 1. The lowest BCUT2D eigenvalue weighted by molar-refractivity contribution is 0.724. The van der Waals surface area contributed by atoms with Gasteiger partial charge in [-0.15, -0.1) is 0 Å². The van der Waals surface area contributed by atoms with E-state index in [0.717, 1.165) is 5.92 Å². The lowest BCUT2D eigenvalue weighted by Crippen LogP contribution is -1.87. The van der Waals surface area contributed by atoms with Crippen molar-refractivity contribution in [3.05, 3.63) is 24.0 Å². The van der Waals surface area contributed by atoms with Crippen molar-refractivity contribution in [2.24, 2.45) is 0 Å². The van der Waals surface area contributed by atoms with Gasteiger partial charge in [0, 0.05) is 12.4 Å². The van der Waals surface area contributed by atoms with Gasteiger partial charge in [-0.1, -0.05) is 12.8 Å². The Morgan fingerprint density at radius 1 is 1.30 bits per heavy atom. The van der Waals surface area contributed by atoms with Crippen LogP contribution in [0.2, 0.25) is 0 Å². The minimum atomic E-state index is 0.867. The normalized spacial score (nSPS) is 20.0. The molecule has 54 valence electrons. The standard InChI is InChI=1S/C9H13N/c1-2-4-8(3-1)9-5-6-10-7-9/h5-8,10H,1-4H2. The third-order valence-corrected chi connectivity index (χ3v) is 2.45. The smallest absolute Gasteiger partial charge is 0.00401 e. The maximum atomic E-state index is 3.11. The molecule has 1 aliphatic rings. The molecule has 0 aromatic carbocycles. The van der Waals surface area contributed by atoms with Gasteiger partial charge in [0.15, 0.2) is 0 Å². The first-order valence-corrected chi connectivity index (χ1v) is 4.09.